The Labute approximate surface area is 168 Å². The van der Waals surface area contributed by atoms with Gasteiger partial charge in [-0.15, -0.1) is 11.3 Å². The molecular formula is C20H21N3O3S2. The van der Waals surface area contributed by atoms with Crippen LogP contribution in [0.3, 0.4) is 0 Å². The lowest BCUT2D eigenvalue weighted by Gasteiger charge is -2.21. The van der Waals surface area contributed by atoms with E-state index in [9.17, 15) is 13.2 Å². The molecule has 1 aliphatic rings. The zero-order chi connectivity index (χ0) is 19.6. The minimum atomic E-state index is -3.32. The van der Waals surface area contributed by atoms with Crippen molar-refractivity contribution in [1.29, 1.82) is 0 Å². The van der Waals surface area contributed by atoms with Gasteiger partial charge in [0.2, 0.25) is 0 Å². The summed E-state index contributed by atoms with van der Waals surface area (Å²) in [4.78, 5) is 21.6. The van der Waals surface area contributed by atoms with Crippen molar-refractivity contribution in [2.75, 3.05) is 0 Å². The second kappa shape index (κ2) is 7.97. The fourth-order valence-electron chi connectivity index (χ4n) is 3.51. The number of nitrogens with zero attached hydrogens (tertiary/aromatic N) is 2. The topological polar surface area (TPSA) is 89.0 Å². The molecule has 8 heteroatoms. The molecule has 0 aliphatic heterocycles. The third-order valence-corrected chi connectivity index (χ3v) is 8.43. The van der Waals surface area contributed by atoms with Gasteiger partial charge in [-0.1, -0.05) is 19.3 Å². The van der Waals surface area contributed by atoms with Gasteiger partial charge < -0.3 is 5.32 Å². The summed E-state index contributed by atoms with van der Waals surface area (Å²) < 4.78 is 26.4. The number of pyridine rings is 2. The number of aromatic nitrogens is 2. The van der Waals surface area contributed by atoms with E-state index in [1.165, 1.54) is 17.5 Å². The van der Waals surface area contributed by atoms with Crippen LogP contribution in [0.5, 0.6) is 0 Å². The van der Waals surface area contributed by atoms with Crippen LogP contribution in [0.2, 0.25) is 0 Å². The summed E-state index contributed by atoms with van der Waals surface area (Å²) in [7, 11) is -3.32. The van der Waals surface area contributed by atoms with Crippen LogP contribution in [0.4, 0.5) is 0 Å². The van der Waals surface area contributed by atoms with E-state index >= 15 is 0 Å². The van der Waals surface area contributed by atoms with Crippen molar-refractivity contribution in [2.24, 2.45) is 0 Å². The Kier molecular flexibility index (Phi) is 5.41. The molecule has 0 atom stereocenters. The Morgan fingerprint density at radius 3 is 2.68 bits per heavy atom. The molecule has 0 spiro atoms. The van der Waals surface area contributed by atoms with Crippen molar-refractivity contribution in [3.05, 3.63) is 53.4 Å². The molecule has 3 aromatic rings. The van der Waals surface area contributed by atoms with Gasteiger partial charge in [-0.3, -0.25) is 14.8 Å². The highest BCUT2D eigenvalue weighted by Gasteiger charge is 2.29. The minimum Gasteiger partial charge on any atom is -0.346 e. The van der Waals surface area contributed by atoms with Gasteiger partial charge in [-0.25, -0.2) is 8.42 Å². The maximum Gasteiger partial charge on any atom is 0.261 e. The SMILES string of the molecule is O=C(NCc1ccc(S(=O)(=O)C2CCCCC2)cn1)c1cc2ccncc2s1. The van der Waals surface area contributed by atoms with Gasteiger partial charge in [0.1, 0.15) is 0 Å². The lowest BCUT2D eigenvalue weighted by molar-refractivity contribution is 0.0954. The minimum absolute atomic E-state index is 0.179. The molecule has 0 aromatic carbocycles. The fourth-order valence-corrected chi connectivity index (χ4v) is 6.25. The molecule has 0 saturated heterocycles. The first kappa shape index (κ1) is 19.0. The number of thiophene rings is 1. The van der Waals surface area contributed by atoms with Crippen LogP contribution >= 0.6 is 11.3 Å². The number of carbonyl (C=O) groups excluding carboxylic acids is 1. The van der Waals surface area contributed by atoms with Crippen LogP contribution in [0.15, 0.2) is 47.8 Å². The average Bonchev–Trinajstić information content (AvgIpc) is 3.17. The zero-order valence-corrected chi connectivity index (χ0v) is 16.9. The first-order chi connectivity index (χ1) is 13.5. The number of hydrogen-bond donors (Lipinski definition) is 1. The molecule has 1 fully saturated rings. The van der Waals surface area contributed by atoms with E-state index in [1.54, 1.807) is 24.5 Å². The van der Waals surface area contributed by atoms with Crippen LogP contribution in [0, 0.1) is 0 Å². The Morgan fingerprint density at radius 1 is 1.14 bits per heavy atom. The third-order valence-electron chi connectivity index (χ3n) is 5.09. The van der Waals surface area contributed by atoms with Crippen molar-refractivity contribution in [3.63, 3.8) is 0 Å². The molecular weight excluding hydrogens is 394 g/mol. The summed E-state index contributed by atoms with van der Waals surface area (Å²) >= 11 is 1.39. The molecule has 6 nitrogen and oxygen atoms in total. The largest absolute Gasteiger partial charge is 0.346 e. The summed E-state index contributed by atoms with van der Waals surface area (Å²) in [5, 5.41) is 3.53. The Balaban J connectivity index is 1.41. The summed E-state index contributed by atoms with van der Waals surface area (Å²) in [5.41, 5.74) is 0.624. The van der Waals surface area contributed by atoms with Crippen molar-refractivity contribution in [3.8, 4) is 0 Å². The number of rotatable bonds is 5. The second-order valence-electron chi connectivity index (χ2n) is 7.00. The number of amides is 1. The Hall–Kier alpha value is -2.32. The molecule has 1 saturated carbocycles. The molecule has 1 N–H and O–H groups in total. The van der Waals surface area contributed by atoms with Gasteiger partial charge >= 0.3 is 0 Å². The molecule has 146 valence electrons. The lowest BCUT2D eigenvalue weighted by atomic mass is 10.0. The molecule has 3 heterocycles. The first-order valence-electron chi connectivity index (χ1n) is 9.34. The molecule has 3 aromatic heterocycles. The van der Waals surface area contributed by atoms with Gasteiger partial charge in [0.05, 0.1) is 32.0 Å². The standard InChI is InChI=1S/C20H21N3O3S2/c24-20(18-10-14-8-9-21-13-19(14)27-18)23-11-15-6-7-17(12-22-15)28(25,26)16-4-2-1-3-5-16/h6-10,12-13,16H,1-5,11H2,(H,23,24). The molecule has 28 heavy (non-hydrogen) atoms. The van der Waals surface area contributed by atoms with E-state index in [2.05, 4.69) is 15.3 Å². The predicted octanol–water partition coefficient (Wildman–Crippen LogP) is 3.73. The number of fused-ring (bicyclic) bond motifs is 1. The van der Waals surface area contributed by atoms with Crippen molar-refractivity contribution in [2.45, 2.75) is 48.8 Å². The molecule has 1 aliphatic carbocycles. The molecule has 0 bridgehead atoms. The maximum atomic E-state index is 12.7. The summed E-state index contributed by atoms with van der Waals surface area (Å²) in [5.74, 6) is -0.179. The number of sulfone groups is 1. The molecule has 4 rings (SSSR count). The van der Waals surface area contributed by atoms with E-state index < -0.39 is 9.84 Å². The zero-order valence-electron chi connectivity index (χ0n) is 15.3. The van der Waals surface area contributed by atoms with E-state index in [0.29, 0.717) is 10.6 Å². The number of hydrogen-bond acceptors (Lipinski definition) is 6. The van der Waals surface area contributed by atoms with Crippen molar-refractivity contribution >= 4 is 37.2 Å². The van der Waals surface area contributed by atoms with Gasteiger partial charge in [0.25, 0.3) is 5.91 Å². The molecule has 0 unspecified atom stereocenters. The normalized spacial score (nSPS) is 15.6. The van der Waals surface area contributed by atoms with E-state index in [4.69, 9.17) is 0 Å². The summed E-state index contributed by atoms with van der Waals surface area (Å²) in [6, 6.07) is 6.98. The van der Waals surface area contributed by atoms with Crippen LogP contribution in [-0.2, 0) is 16.4 Å². The monoisotopic (exact) mass is 415 g/mol. The van der Waals surface area contributed by atoms with Gasteiger partial charge in [-0.2, -0.15) is 0 Å². The highest BCUT2D eigenvalue weighted by molar-refractivity contribution is 7.92. The lowest BCUT2D eigenvalue weighted by Crippen LogP contribution is -2.25. The number of carbonyl (C=O) groups is 1. The molecule has 0 radical (unpaired) electrons. The predicted molar refractivity (Wildman–Crippen MR) is 109 cm³/mol. The van der Waals surface area contributed by atoms with Crippen molar-refractivity contribution in [1.82, 2.24) is 15.3 Å². The third kappa shape index (κ3) is 3.93. The summed E-state index contributed by atoms with van der Waals surface area (Å²) in [6.45, 7) is 0.245. The van der Waals surface area contributed by atoms with Gasteiger partial charge in [0.15, 0.2) is 9.84 Å². The quantitative estimate of drug-likeness (QED) is 0.686. The van der Waals surface area contributed by atoms with Crippen LogP contribution in [0.1, 0.15) is 47.5 Å². The van der Waals surface area contributed by atoms with Crippen LogP contribution in [-0.4, -0.2) is 29.5 Å². The highest BCUT2D eigenvalue weighted by atomic mass is 32.2. The Morgan fingerprint density at radius 2 is 1.96 bits per heavy atom. The first-order valence-corrected chi connectivity index (χ1v) is 11.7. The van der Waals surface area contributed by atoms with E-state index in [1.807, 2.05) is 12.1 Å². The van der Waals surface area contributed by atoms with E-state index in [0.717, 1.165) is 42.2 Å². The average molecular weight is 416 g/mol. The van der Waals surface area contributed by atoms with Gasteiger partial charge in [0, 0.05) is 18.6 Å². The van der Waals surface area contributed by atoms with E-state index in [-0.39, 0.29) is 22.6 Å². The number of nitrogens with one attached hydrogen (secondary N) is 1. The van der Waals surface area contributed by atoms with Crippen LogP contribution in [0.25, 0.3) is 10.1 Å². The summed E-state index contributed by atoms with van der Waals surface area (Å²) in [6.07, 6.45) is 9.35. The smallest absolute Gasteiger partial charge is 0.261 e. The second-order valence-corrected chi connectivity index (χ2v) is 10.3. The fraction of sp³-hybridized carbons (Fsp3) is 0.350. The molecule has 1 amide bonds. The van der Waals surface area contributed by atoms with Gasteiger partial charge in [-0.05, 0) is 42.5 Å². The van der Waals surface area contributed by atoms with Crippen LogP contribution < -0.4 is 5.32 Å². The Bertz CT molecular complexity index is 1050. The highest BCUT2D eigenvalue weighted by Crippen LogP contribution is 2.28. The van der Waals surface area contributed by atoms with Crippen molar-refractivity contribution < 1.29 is 13.2 Å². The maximum absolute atomic E-state index is 12.7.